The summed E-state index contributed by atoms with van der Waals surface area (Å²) in [5, 5.41) is 9.06. The molecule has 0 aromatic heterocycles. The van der Waals surface area contributed by atoms with E-state index in [-0.39, 0.29) is 30.3 Å². The van der Waals surface area contributed by atoms with Crippen molar-refractivity contribution >= 4 is 11.9 Å². The van der Waals surface area contributed by atoms with Gasteiger partial charge in [0.15, 0.2) is 0 Å². The number of carboxylic acids is 1. The van der Waals surface area contributed by atoms with Gasteiger partial charge in [0.1, 0.15) is 5.82 Å². The van der Waals surface area contributed by atoms with Crippen molar-refractivity contribution in [2.45, 2.75) is 44.2 Å². The molecule has 0 radical (unpaired) electrons. The molecule has 1 aliphatic heterocycles. The van der Waals surface area contributed by atoms with E-state index in [9.17, 15) is 14.0 Å². The maximum absolute atomic E-state index is 13.1. The lowest BCUT2D eigenvalue weighted by Crippen LogP contribution is -2.46. The molecule has 0 aliphatic carbocycles. The number of carboxylic acid groups (broad SMARTS) is 1. The molecular weight excluding hydrogens is 301 g/mol. The van der Waals surface area contributed by atoms with Gasteiger partial charge in [0, 0.05) is 19.7 Å². The van der Waals surface area contributed by atoms with Gasteiger partial charge in [-0.1, -0.05) is 12.1 Å². The highest BCUT2D eigenvalue weighted by atomic mass is 19.1. The molecule has 1 amide bonds. The Bertz CT molecular complexity index is 585. The average Bonchev–Trinajstić information content (AvgIpc) is 2.89. The normalized spacial score (nSPS) is 21.5. The first-order valence-corrected chi connectivity index (χ1v) is 7.57. The van der Waals surface area contributed by atoms with Crippen molar-refractivity contribution in [3.63, 3.8) is 0 Å². The van der Waals surface area contributed by atoms with Crippen LogP contribution in [0.1, 0.15) is 32.3 Å². The smallest absolute Gasteiger partial charge is 0.305 e. The van der Waals surface area contributed by atoms with E-state index in [0.717, 1.165) is 0 Å². The standard InChI is InChI=1S/C17H22FNO4/c1-17(2,11-4-6-12(18)7-5-11)16(22)19-10-14(23-3)8-13(19)9-15(20)21/h4-7,13-14H,8-10H2,1-3H3,(H,20,21). The first-order chi connectivity index (χ1) is 10.8. The van der Waals surface area contributed by atoms with Crippen LogP contribution in [0.5, 0.6) is 0 Å². The van der Waals surface area contributed by atoms with Crippen LogP contribution in [-0.4, -0.2) is 47.7 Å². The van der Waals surface area contributed by atoms with Crippen LogP contribution >= 0.6 is 0 Å². The number of amides is 1. The van der Waals surface area contributed by atoms with E-state index in [2.05, 4.69) is 0 Å². The lowest BCUT2D eigenvalue weighted by Gasteiger charge is -2.33. The molecule has 5 nitrogen and oxygen atoms in total. The number of nitrogens with zero attached hydrogens (tertiary/aromatic N) is 1. The SMILES string of the molecule is COC1CC(CC(=O)O)N(C(=O)C(C)(C)c2ccc(F)cc2)C1. The third-order valence-corrected chi connectivity index (χ3v) is 4.48. The Kier molecular flexibility index (Phi) is 5.04. The van der Waals surface area contributed by atoms with Crippen LogP contribution in [0.3, 0.4) is 0 Å². The van der Waals surface area contributed by atoms with Crippen LogP contribution in [0.15, 0.2) is 24.3 Å². The molecule has 1 heterocycles. The molecule has 1 fully saturated rings. The largest absolute Gasteiger partial charge is 0.481 e. The van der Waals surface area contributed by atoms with Crippen molar-refractivity contribution in [2.24, 2.45) is 0 Å². The Hall–Kier alpha value is -1.95. The number of benzene rings is 1. The third kappa shape index (κ3) is 3.69. The summed E-state index contributed by atoms with van der Waals surface area (Å²) in [5.41, 5.74) is -0.175. The summed E-state index contributed by atoms with van der Waals surface area (Å²) in [5.74, 6) is -1.47. The number of rotatable bonds is 5. The molecule has 1 N–H and O–H groups in total. The third-order valence-electron chi connectivity index (χ3n) is 4.48. The van der Waals surface area contributed by atoms with Gasteiger partial charge in [0.25, 0.3) is 0 Å². The zero-order chi connectivity index (χ0) is 17.2. The summed E-state index contributed by atoms with van der Waals surface area (Å²) < 4.78 is 18.4. The molecule has 0 bridgehead atoms. The summed E-state index contributed by atoms with van der Waals surface area (Å²) in [7, 11) is 1.56. The monoisotopic (exact) mass is 323 g/mol. The predicted octanol–water partition coefficient (Wildman–Crippen LogP) is 2.19. The van der Waals surface area contributed by atoms with Crippen molar-refractivity contribution in [1.29, 1.82) is 0 Å². The minimum absolute atomic E-state index is 0.106. The van der Waals surface area contributed by atoms with Crippen LogP contribution in [0.25, 0.3) is 0 Å². The fraction of sp³-hybridized carbons (Fsp3) is 0.529. The second-order valence-corrected chi connectivity index (χ2v) is 6.43. The molecule has 1 aromatic carbocycles. The number of carbonyl (C=O) groups is 2. The number of carbonyl (C=O) groups excluding carboxylic acids is 1. The summed E-state index contributed by atoms with van der Waals surface area (Å²) in [6.45, 7) is 3.90. The fourth-order valence-corrected chi connectivity index (χ4v) is 3.04. The first-order valence-electron chi connectivity index (χ1n) is 7.57. The molecule has 6 heteroatoms. The number of hydrogen-bond donors (Lipinski definition) is 1. The van der Waals surface area contributed by atoms with E-state index in [4.69, 9.17) is 9.84 Å². The van der Waals surface area contributed by atoms with Crippen LogP contribution in [-0.2, 0) is 19.7 Å². The fourth-order valence-electron chi connectivity index (χ4n) is 3.04. The summed E-state index contributed by atoms with van der Waals surface area (Å²) in [6, 6.07) is 5.43. The van der Waals surface area contributed by atoms with Crippen molar-refractivity contribution in [3.05, 3.63) is 35.6 Å². The molecule has 1 aliphatic rings. The highest BCUT2D eigenvalue weighted by molar-refractivity contribution is 5.88. The second-order valence-electron chi connectivity index (χ2n) is 6.43. The molecule has 2 unspecified atom stereocenters. The molecule has 1 saturated heterocycles. The number of likely N-dealkylation sites (tertiary alicyclic amines) is 1. The minimum Gasteiger partial charge on any atom is -0.481 e. The van der Waals surface area contributed by atoms with Crippen molar-refractivity contribution in [2.75, 3.05) is 13.7 Å². The van der Waals surface area contributed by atoms with Crippen LogP contribution in [0.2, 0.25) is 0 Å². The number of ether oxygens (including phenoxy) is 1. The van der Waals surface area contributed by atoms with Gasteiger partial charge in [-0.3, -0.25) is 9.59 Å². The van der Waals surface area contributed by atoms with Gasteiger partial charge in [0.2, 0.25) is 5.91 Å². The van der Waals surface area contributed by atoms with E-state index >= 15 is 0 Å². The molecule has 126 valence electrons. The Morgan fingerprint density at radius 2 is 1.96 bits per heavy atom. The average molecular weight is 323 g/mol. The lowest BCUT2D eigenvalue weighted by molar-refractivity contribution is -0.141. The topological polar surface area (TPSA) is 66.8 Å². The van der Waals surface area contributed by atoms with E-state index in [0.29, 0.717) is 18.5 Å². The van der Waals surface area contributed by atoms with Gasteiger partial charge < -0.3 is 14.7 Å². The molecule has 0 saturated carbocycles. The number of hydrogen-bond acceptors (Lipinski definition) is 3. The zero-order valence-corrected chi connectivity index (χ0v) is 13.6. The van der Waals surface area contributed by atoms with E-state index in [1.165, 1.54) is 12.1 Å². The highest BCUT2D eigenvalue weighted by Crippen LogP contribution is 2.31. The van der Waals surface area contributed by atoms with Gasteiger partial charge >= 0.3 is 5.97 Å². The van der Waals surface area contributed by atoms with Crippen LogP contribution in [0.4, 0.5) is 4.39 Å². The lowest BCUT2D eigenvalue weighted by atomic mass is 9.83. The second kappa shape index (κ2) is 6.66. The summed E-state index contributed by atoms with van der Waals surface area (Å²) >= 11 is 0. The van der Waals surface area contributed by atoms with Gasteiger partial charge in [-0.2, -0.15) is 0 Å². The molecule has 2 atom stereocenters. The van der Waals surface area contributed by atoms with Crippen LogP contribution in [0, 0.1) is 5.82 Å². The highest BCUT2D eigenvalue weighted by Gasteiger charge is 2.42. The Morgan fingerprint density at radius 3 is 2.48 bits per heavy atom. The molecule has 2 rings (SSSR count). The summed E-state index contributed by atoms with van der Waals surface area (Å²) in [4.78, 5) is 25.6. The number of methoxy groups -OCH3 is 1. The Morgan fingerprint density at radius 1 is 1.35 bits per heavy atom. The van der Waals surface area contributed by atoms with Gasteiger partial charge in [-0.15, -0.1) is 0 Å². The quantitative estimate of drug-likeness (QED) is 0.902. The minimum atomic E-state index is -0.941. The maximum Gasteiger partial charge on any atom is 0.305 e. The molecule has 23 heavy (non-hydrogen) atoms. The van der Waals surface area contributed by atoms with E-state index in [1.807, 2.05) is 0 Å². The predicted molar refractivity (Wildman–Crippen MR) is 82.6 cm³/mol. The van der Waals surface area contributed by atoms with Crippen molar-refractivity contribution in [1.82, 2.24) is 4.90 Å². The number of aliphatic carboxylic acids is 1. The molecular formula is C17H22FNO4. The van der Waals surface area contributed by atoms with Crippen molar-refractivity contribution in [3.8, 4) is 0 Å². The summed E-state index contributed by atoms with van der Waals surface area (Å²) in [6.07, 6.45) is 0.242. The first kappa shape index (κ1) is 17.4. The molecule has 0 spiro atoms. The van der Waals surface area contributed by atoms with Gasteiger partial charge in [-0.05, 0) is 38.0 Å². The Labute approximate surface area is 135 Å². The number of halogens is 1. The van der Waals surface area contributed by atoms with E-state index in [1.54, 1.807) is 38.0 Å². The van der Waals surface area contributed by atoms with Gasteiger partial charge in [-0.25, -0.2) is 4.39 Å². The van der Waals surface area contributed by atoms with Crippen molar-refractivity contribution < 1.29 is 23.8 Å². The Balaban J connectivity index is 2.25. The van der Waals surface area contributed by atoms with E-state index < -0.39 is 11.4 Å². The molecule has 1 aromatic rings. The van der Waals surface area contributed by atoms with Gasteiger partial charge in [0.05, 0.1) is 17.9 Å². The van der Waals surface area contributed by atoms with Crippen LogP contribution < -0.4 is 0 Å². The zero-order valence-electron chi connectivity index (χ0n) is 13.6. The maximum atomic E-state index is 13.1.